The van der Waals surface area contributed by atoms with Crippen molar-refractivity contribution in [3.05, 3.63) is 35.2 Å². The average molecular weight is 366 g/mol. The molecule has 130 valence electrons. The fourth-order valence-electron chi connectivity index (χ4n) is 2.94. The van der Waals surface area contributed by atoms with Crippen LogP contribution >= 0.6 is 11.3 Å². The van der Waals surface area contributed by atoms with Crippen LogP contribution in [0, 0.1) is 0 Å². The summed E-state index contributed by atoms with van der Waals surface area (Å²) in [4.78, 5) is 4.68. The van der Waals surface area contributed by atoms with Gasteiger partial charge in [0.1, 0.15) is 0 Å². The van der Waals surface area contributed by atoms with Crippen LogP contribution in [0.1, 0.15) is 31.2 Å². The van der Waals surface area contributed by atoms with E-state index >= 15 is 0 Å². The lowest BCUT2D eigenvalue weighted by atomic mass is 10.1. The largest absolute Gasteiger partial charge is 0.359 e. The van der Waals surface area contributed by atoms with Crippen LogP contribution < -0.4 is 10.0 Å². The van der Waals surface area contributed by atoms with Gasteiger partial charge < -0.3 is 5.32 Å². The van der Waals surface area contributed by atoms with Gasteiger partial charge in [-0.1, -0.05) is 37.1 Å². The Kier molecular flexibility index (Phi) is 5.53. The molecule has 1 aliphatic carbocycles. The van der Waals surface area contributed by atoms with Gasteiger partial charge in [-0.3, -0.25) is 0 Å². The van der Waals surface area contributed by atoms with Crippen molar-refractivity contribution in [2.24, 2.45) is 0 Å². The monoisotopic (exact) mass is 365 g/mol. The van der Waals surface area contributed by atoms with Crippen molar-refractivity contribution in [1.82, 2.24) is 9.71 Å². The SMILES string of the molecule is CS(=O)(=O)NCCc1ccc(-c2csc(NC3CCCC3)n2)cc1. The van der Waals surface area contributed by atoms with E-state index in [2.05, 4.69) is 20.4 Å². The van der Waals surface area contributed by atoms with E-state index in [1.807, 2.05) is 24.3 Å². The summed E-state index contributed by atoms with van der Waals surface area (Å²) in [6.07, 6.45) is 6.96. The van der Waals surface area contributed by atoms with Gasteiger partial charge in [-0.2, -0.15) is 0 Å². The number of rotatable bonds is 7. The van der Waals surface area contributed by atoms with Crippen molar-refractivity contribution in [3.8, 4) is 11.3 Å². The number of hydrogen-bond acceptors (Lipinski definition) is 5. The Morgan fingerprint density at radius 1 is 1.21 bits per heavy atom. The van der Waals surface area contributed by atoms with Crippen molar-refractivity contribution in [2.45, 2.75) is 38.1 Å². The summed E-state index contributed by atoms with van der Waals surface area (Å²) in [7, 11) is -3.12. The van der Waals surface area contributed by atoms with E-state index in [4.69, 9.17) is 0 Å². The van der Waals surface area contributed by atoms with Crippen molar-refractivity contribution in [1.29, 1.82) is 0 Å². The summed E-state index contributed by atoms with van der Waals surface area (Å²) in [6, 6.07) is 8.73. The Balaban J connectivity index is 1.58. The Hall–Kier alpha value is -1.44. The van der Waals surface area contributed by atoms with Crippen LogP contribution in [0.15, 0.2) is 29.6 Å². The molecule has 0 unspecified atom stereocenters. The number of thiazole rings is 1. The van der Waals surface area contributed by atoms with E-state index in [-0.39, 0.29) is 0 Å². The number of anilines is 1. The maximum atomic E-state index is 11.1. The van der Waals surface area contributed by atoms with E-state index < -0.39 is 10.0 Å². The molecule has 0 spiro atoms. The first kappa shape index (κ1) is 17.4. The van der Waals surface area contributed by atoms with Crippen molar-refractivity contribution in [3.63, 3.8) is 0 Å². The smallest absolute Gasteiger partial charge is 0.208 e. The van der Waals surface area contributed by atoms with E-state index in [1.165, 1.54) is 31.9 Å². The second kappa shape index (κ2) is 7.63. The molecule has 1 heterocycles. The molecule has 0 bridgehead atoms. The van der Waals surface area contributed by atoms with Crippen LogP contribution in [0.2, 0.25) is 0 Å². The average Bonchev–Trinajstić information content (AvgIpc) is 3.19. The number of aromatic nitrogens is 1. The maximum Gasteiger partial charge on any atom is 0.208 e. The Morgan fingerprint density at radius 3 is 2.58 bits per heavy atom. The first-order chi connectivity index (χ1) is 11.5. The Morgan fingerprint density at radius 2 is 1.92 bits per heavy atom. The first-order valence-corrected chi connectivity index (χ1v) is 11.0. The minimum Gasteiger partial charge on any atom is -0.359 e. The molecule has 5 nitrogen and oxygen atoms in total. The normalized spacial score (nSPS) is 15.7. The molecular weight excluding hydrogens is 342 g/mol. The fourth-order valence-corrected chi connectivity index (χ4v) is 4.21. The van der Waals surface area contributed by atoms with Crippen LogP contribution in [0.25, 0.3) is 11.3 Å². The van der Waals surface area contributed by atoms with Crippen LogP contribution in [0.5, 0.6) is 0 Å². The summed E-state index contributed by atoms with van der Waals surface area (Å²) in [6.45, 7) is 0.421. The van der Waals surface area contributed by atoms with Gasteiger partial charge in [-0.25, -0.2) is 18.1 Å². The molecule has 1 aromatic heterocycles. The van der Waals surface area contributed by atoms with Gasteiger partial charge in [0.2, 0.25) is 10.0 Å². The Bertz CT molecular complexity index is 763. The van der Waals surface area contributed by atoms with Gasteiger partial charge in [0.05, 0.1) is 11.9 Å². The first-order valence-electron chi connectivity index (χ1n) is 8.26. The van der Waals surface area contributed by atoms with Crippen molar-refractivity contribution < 1.29 is 8.42 Å². The van der Waals surface area contributed by atoms with E-state index in [9.17, 15) is 8.42 Å². The molecule has 1 fully saturated rings. The quantitative estimate of drug-likeness (QED) is 0.790. The zero-order valence-corrected chi connectivity index (χ0v) is 15.4. The van der Waals surface area contributed by atoms with E-state index in [1.54, 1.807) is 11.3 Å². The minimum absolute atomic E-state index is 0.421. The molecule has 0 atom stereocenters. The number of nitrogens with zero attached hydrogens (tertiary/aromatic N) is 1. The predicted molar refractivity (Wildman–Crippen MR) is 100.0 cm³/mol. The third-order valence-corrected chi connectivity index (χ3v) is 5.72. The summed E-state index contributed by atoms with van der Waals surface area (Å²) in [5, 5.41) is 6.61. The van der Waals surface area contributed by atoms with E-state index in [0.29, 0.717) is 19.0 Å². The lowest BCUT2D eigenvalue weighted by molar-refractivity contribution is 0.588. The highest BCUT2D eigenvalue weighted by Crippen LogP contribution is 2.28. The van der Waals surface area contributed by atoms with Crippen LogP contribution in [-0.4, -0.2) is 32.2 Å². The molecule has 1 saturated carbocycles. The lowest BCUT2D eigenvalue weighted by Gasteiger charge is -2.09. The predicted octanol–water partition coefficient (Wildman–Crippen LogP) is 3.26. The van der Waals surface area contributed by atoms with Gasteiger partial charge >= 0.3 is 0 Å². The highest BCUT2D eigenvalue weighted by Gasteiger charge is 2.16. The second-order valence-corrected chi connectivity index (χ2v) is 8.97. The number of hydrogen-bond donors (Lipinski definition) is 2. The zero-order chi connectivity index (χ0) is 17.0. The molecule has 3 rings (SSSR count). The summed E-state index contributed by atoms with van der Waals surface area (Å²) >= 11 is 1.65. The van der Waals surface area contributed by atoms with E-state index in [0.717, 1.165) is 22.0 Å². The molecule has 2 aromatic rings. The van der Waals surface area contributed by atoms with Crippen LogP contribution in [-0.2, 0) is 16.4 Å². The minimum atomic E-state index is -3.12. The third-order valence-electron chi connectivity index (χ3n) is 4.21. The highest BCUT2D eigenvalue weighted by atomic mass is 32.2. The summed E-state index contributed by atoms with van der Waals surface area (Å²) in [5.74, 6) is 0. The third kappa shape index (κ3) is 5.03. The highest BCUT2D eigenvalue weighted by molar-refractivity contribution is 7.88. The molecular formula is C17H23N3O2S2. The number of sulfonamides is 1. The fraction of sp³-hybridized carbons (Fsp3) is 0.471. The van der Waals surface area contributed by atoms with Gasteiger partial charge in [-0.05, 0) is 24.8 Å². The zero-order valence-electron chi connectivity index (χ0n) is 13.8. The molecule has 0 radical (unpaired) electrons. The number of benzene rings is 1. The van der Waals surface area contributed by atoms with Crippen LogP contribution in [0.3, 0.4) is 0 Å². The van der Waals surface area contributed by atoms with Gasteiger partial charge in [0, 0.05) is 23.5 Å². The van der Waals surface area contributed by atoms with Gasteiger partial charge in [0.15, 0.2) is 5.13 Å². The summed E-state index contributed by atoms with van der Waals surface area (Å²) < 4.78 is 24.6. The lowest BCUT2D eigenvalue weighted by Crippen LogP contribution is -2.24. The molecule has 1 aromatic carbocycles. The molecule has 0 aliphatic heterocycles. The molecule has 1 aliphatic rings. The maximum absolute atomic E-state index is 11.1. The standard InChI is InChI=1S/C17H23N3O2S2/c1-24(21,22)18-11-10-13-6-8-14(9-7-13)16-12-23-17(20-16)19-15-4-2-3-5-15/h6-9,12,15,18H,2-5,10-11H2,1H3,(H,19,20). The molecule has 2 N–H and O–H groups in total. The van der Waals surface area contributed by atoms with Crippen molar-refractivity contribution in [2.75, 3.05) is 18.1 Å². The van der Waals surface area contributed by atoms with Crippen LogP contribution in [0.4, 0.5) is 5.13 Å². The Labute approximate surface area is 147 Å². The topological polar surface area (TPSA) is 71.1 Å². The molecule has 24 heavy (non-hydrogen) atoms. The molecule has 0 saturated heterocycles. The molecule has 0 amide bonds. The summed E-state index contributed by atoms with van der Waals surface area (Å²) in [5.41, 5.74) is 3.18. The van der Waals surface area contributed by atoms with Gasteiger partial charge in [-0.15, -0.1) is 11.3 Å². The molecule has 7 heteroatoms. The van der Waals surface area contributed by atoms with Crippen molar-refractivity contribution >= 4 is 26.5 Å². The second-order valence-electron chi connectivity index (χ2n) is 6.28. The number of nitrogens with one attached hydrogen (secondary N) is 2. The van der Waals surface area contributed by atoms with Gasteiger partial charge in [0.25, 0.3) is 0 Å².